The number of hydrogen-bond acceptors (Lipinski definition) is 3. The monoisotopic (exact) mass is 197 g/mol. The zero-order valence-electron chi connectivity index (χ0n) is 8.48. The van der Waals surface area contributed by atoms with Gasteiger partial charge in [-0.05, 0) is 25.7 Å². The molecule has 0 aromatic heterocycles. The second kappa shape index (κ2) is 3.87. The van der Waals surface area contributed by atoms with Gasteiger partial charge in [-0.25, -0.2) is 0 Å². The molecule has 4 heteroatoms. The molecule has 0 aromatic carbocycles. The molecule has 14 heavy (non-hydrogen) atoms. The lowest BCUT2D eigenvalue weighted by Crippen LogP contribution is -2.42. The Labute approximate surface area is 84.6 Å². The van der Waals surface area contributed by atoms with Gasteiger partial charge in [-0.3, -0.25) is 4.79 Å². The van der Waals surface area contributed by atoms with Crippen molar-refractivity contribution in [3.8, 4) is 0 Å². The summed E-state index contributed by atoms with van der Waals surface area (Å²) in [5, 5.41) is 0. The van der Waals surface area contributed by atoms with Crippen molar-refractivity contribution in [1.29, 1.82) is 0 Å². The molecule has 1 unspecified atom stereocenters. The van der Waals surface area contributed by atoms with Crippen LogP contribution in [0.15, 0.2) is 0 Å². The van der Waals surface area contributed by atoms with E-state index in [1.807, 2.05) is 4.90 Å². The first-order chi connectivity index (χ1) is 6.66. The SMILES string of the molecule is NC1CCC(N2CC(N)CC2=O)CC1. The molecule has 0 radical (unpaired) electrons. The van der Waals surface area contributed by atoms with E-state index in [2.05, 4.69) is 0 Å². The van der Waals surface area contributed by atoms with E-state index in [1.165, 1.54) is 0 Å². The zero-order valence-corrected chi connectivity index (χ0v) is 8.48. The van der Waals surface area contributed by atoms with Crippen molar-refractivity contribution >= 4 is 5.91 Å². The van der Waals surface area contributed by atoms with Gasteiger partial charge in [-0.2, -0.15) is 0 Å². The molecule has 1 amide bonds. The average molecular weight is 197 g/mol. The lowest BCUT2D eigenvalue weighted by Gasteiger charge is -2.33. The topological polar surface area (TPSA) is 72.3 Å². The molecular formula is C10H19N3O. The highest BCUT2D eigenvalue weighted by atomic mass is 16.2. The summed E-state index contributed by atoms with van der Waals surface area (Å²) in [5.41, 5.74) is 11.6. The van der Waals surface area contributed by atoms with Crippen LogP contribution in [-0.2, 0) is 4.79 Å². The van der Waals surface area contributed by atoms with Gasteiger partial charge in [-0.1, -0.05) is 0 Å². The first-order valence-electron chi connectivity index (χ1n) is 5.47. The van der Waals surface area contributed by atoms with Crippen LogP contribution in [0.5, 0.6) is 0 Å². The van der Waals surface area contributed by atoms with E-state index in [0.29, 0.717) is 18.5 Å². The van der Waals surface area contributed by atoms with Gasteiger partial charge >= 0.3 is 0 Å². The van der Waals surface area contributed by atoms with Crippen LogP contribution in [0.4, 0.5) is 0 Å². The number of carbonyl (C=O) groups is 1. The van der Waals surface area contributed by atoms with Crippen LogP contribution in [0.25, 0.3) is 0 Å². The second-order valence-electron chi connectivity index (χ2n) is 4.58. The minimum atomic E-state index is 0.0538. The molecule has 2 aliphatic rings. The quantitative estimate of drug-likeness (QED) is 0.612. The molecule has 4 nitrogen and oxygen atoms in total. The van der Waals surface area contributed by atoms with Crippen molar-refractivity contribution in [2.45, 2.75) is 50.2 Å². The Morgan fingerprint density at radius 1 is 1.07 bits per heavy atom. The molecule has 1 atom stereocenters. The third kappa shape index (κ3) is 1.91. The Bertz CT molecular complexity index is 223. The highest BCUT2D eigenvalue weighted by Crippen LogP contribution is 2.25. The molecular weight excluding hydrogens is 178 g/mol. The smallest absolute Gasteiger partial charge is 0.224 e. The van der Waals surface area contributed by atoms with Crippen molar-refractivity contribution in [3.63, 3.8) is 0 Å². The van der Waals surface area contributed by atoms with Gasteiger partial charge in [0.25, 0.3) is 0 Å². The number of amides is 1. The molecule has 2 fully saturated rings. The van der Waals surface area contributed by atoms with Crippen molar-refractivity contribution in [2.24, 2.45) is 11.5 Å². The van der Waals surface area contributed by atoms with E-state index in [1.54, 1.807) is 0 Å². The third-order valence-electron chi connectivity index (χ3n) is 3.37. The molecule has 2 rings (SSSR count). The van der Waals surface area contributed by atoms with E-state index in [9.17, 15) is 4.79 Å². The fourth-order valence-electron chi connectivity index (χ4n) is 2.53. The molecule has 1 heterocycles. The van der Waals surface area contributed by atoms with Crippen molar-refractivity contribution < 1.29 is 4.79 Å². The molecule has 0 aromatic rings. The standard InChI is InChI=1S/C10H19N3O/c11-7-1-3-9(4-2-7)13-6-8(12)5-10(13)14/h7-9H,1-6,11-12H2. The molecule has 1 saturated carbocycles. The lowest BCUT2D eigenvalue weighted by molar-refractivity contribution is -0.130. The number of nitrogens with zero attached hydrogens (tertiary/aromatic N) is 1. The second-order valence-corrected chi connectivity index (χ2v) is 4.58. The Balaban J connectivity index is 1.92. The van der Waals surface area contributed by atoms with Gasteiger partial charge in [0.15, 0.2) is 0 Å². The molecule has 0 spiro atoms. The van der Waals surface area contributed by atoms with Crippen molar-refractivity contribution in [1.82, 2.24) is 4.90 Å². The average Bonchev–Trinajstić information content (AvgIpc) is 2.47. The summed E-state index contributed by atoms with van der Waals surface area (Å²) in [6.45, 7) is 0.749. The zero-order chi connectivity index (χ0) is 10.1. The molecule has 1 aliphatic carbocycles. The maximum atomic E-state index is 11.6. The van der Waals surface area contributed by atoms with E-state index < -0.39 is 0 Å². The summed E-state index contributed by atoms with van der Waals surface area (Å²) in [4.78, 5) is 13.5. The number of carbonyl (C=O) groups excluding carboxylic acids is 1. The van der Waals surface area contributed by atoms with Crippen LogP contribution < -0.4 is 11.5 Å². The highest BCUT2D eigenvalue weighted by molar-refractivity contribution is 5.79. The highest BCUT2D eigenvalue weighted by Gasteiger charge is 2.33. The van der Waals surface area contributed by atoms with E-state index in [-0.39, 0.29) is 11.9 Å². The molecule has 80 valence electrons. The van der Waals surface area contributed by atoms with Crippen LogP contribution in [0.2, 0.25) is 0 Å². The van der Waals surface area contributed by atoms with Gasteiger partial charge in [0, 0.05) is 31.1 Å². The summed E-state index contributed by atoms with van der Waals surface area (Å²) < 4.78 is 0. The Kier molecular flexibility index (Phi) is 2.74. The van der Waals surface area contributed by atoms with E-state index in [0.717, 1.165) is 32.2 Å². The van der Waals surface area contributed by atoms with Crippen LogP contribution in [0.3, 0.4) is 0 Å². The van der Waals surface area contributed by atoms with Crippen LogP contribution in [-0.4, -0.2) is 35.5 Å². The van der Waals surface area contributed by atoms with Gasteiger partial charge in [-0.15, -0.1) is 0 Å². The number of rotatable bonds is 1. The summed E-state index contributed by atoms with van der Waals surface area (Å²) in [6, 6.07) is 0.812. The largest absolute Gasteiger partial charge is 0.338 e. The van der Waals surface area contributed by atoms with Crippen molar-refractivity contribution in [3.05, 3.63) is 0 Å². The molecule has 1 saturated heterocycles. The first kappa shape index (κ1) is 9.93. The lowest BCUT2D eigenvalue weighted by atomic mass is 9.91. The Hall–Kier alpha value is -0.610. The van der Waals surface area contributed by atoms with Crippen molar-refractivity contribution in [2.75, 3.05) is 6.54 Å². The minimum absolute atomic E-state index is 0.0538. The Morgan fingerprint density at radius 3 is 2.21 bits per heavy atom. The first-order valence-corrected chi connectivity index (χ1v) is 5.47. The number of nitrogens with two attached hydrogens (primary N) is 2. The van der Waals surface area contributed by atoms with Gasteiger partial charge < -0.3 is 16.4 Å². The summed E-state index contributed by atoms with van der Waals surface area (Å²) >= 11 is 0. The Morgan fingerprint density at radius 2 is 1.71 bits per heavy atom. The normalized spacial score (nSPS) is 39.1. The molecule has 1 aliphatic heterocycles. The van der Waals surface area contributed by atoms with Gasteiger partial charge in [0.05, 0.1) is 0 Å². The molecule has 4 N–H and O–H groups in total. The summed E-state index contributed by atoms with van der Waals surface area (Å²) in [5.74, 6) is 0.234. The predicted molar refractivity (Wildman–Crippen MR) is 54.5 cm³/mol. The van der Waals surface area contributed by atoms with E-state index in [4.69, 9.17) is 11.5 Å². The number of likely N-dealkylation sites (tertiary alicyclic amines) is 1. The van der Waals surface area contributed by atoms with Gasteiger partial charge in [0.2, 0.25) is 5.91 Å². The van der Waals surface area contributed by atoms with Crippen LogP contribution in [0, 0.1) is 0 Å². The fourth-order valence-corrected chi connectivity index (χ4v) is 2.53. The van der Waals surface area contributed by atoms with Gasteiger partial charge in [0.1, 0.15) is 0 Å². The maximum Gasteiger partial charge on any atom is 0.224 e. The minimum Gasteiger partial charge on any atom is -0.338 e. The summed E-state index contributed by atoms with van der Waals surface area (Å²) in [6.07, 6.45) is 4.73. The fraction of sp³-hybridized carbons (Fsp3) is 0.900. The predicted octanol–water partition coefficient (Wildman–Crippen LogP) is -0.184. The summed E-state index contributed by atoms with van der Waals surface area (Å²) in [7, 11) is 0. The van der Waals surface area contributed by atoms with Crippen LogP contribution in [0.1, 0.15) is 32.1 Å². The van der Waals surface area contributed by atoms with Crippen LogP contribution >= 0.6 is 0 Å². The van der Waals surface area contributed by atoms with E-state index >= 15 is 0 Å². The molecule has 0 bridgehead atoms. The third-order valence-corrected chi connectivity index (χ3v) is 3.37. The number of hydrogen-bond donors (Lipinski definition) is 2. The maximum absolute atomic E-state index is 11.6.